The van der Waals surface area contributed by atoms with Crippen LogP contribution in [0.15, 0.2) is 42.6 Å². The molecule has 4 rings (SSSR count). The first kappa shape index (κ1) is 23.7. The van der Waals surface area contributed by atoms with Crippen molar-refractivity contribution in [3.63, 3.8) is 0 Å². The molecule has 33 heavy (non-hydrogen) atoms. The van der Waals surface area contributed by atoms with Crippen molar-refractivity contribution >= 4 is 33.5 Å². The molecule has 0 amide bonds. The van der Waals surface area contributed by atoms with Crippen molar-refractivity contribution in [1.82, 2.24) is 19.6 Å². The average molecular weight is 513 g/mol. The average Bonchev–Trinajstić information content (AvgIpc) is 3.26. The van der Waals surface area contributed by atoms with Gasteiger partial charge in [-0.3, -0.25) is 0 Å². The summed E-state index contributed by atoms with van der Waals surface area (Å²) in [4.78, 5) is 9.60. The fraction of sp³-hybridized carbons (Fsp3) is 0.480. The van der Waals surface area contributed by atoms with Crippen LogP contribution >= 0.6 is 15.9 Å². The Labute approximate surface area is 204 Å². The lowest BCUT2D eigenvalue weighted by Gasteiger charge is -2.23. The lowest BCUT2D eigenvalue weighted by molar-refractivity contribution is 0.0903. The van der Waals surface area contributed by atoms with Crippen LogP contribution in [0, 0.1) is 0 Å². The van der Waals surface area contributed by atoms with Gasteiger partial charge in [0.15, 0.2) is 5.65 Å². The number of hydrogen-bond donors (Lipinski definition) is 2. The van der Waals surface area contributed by atoms with Crippen molar-refractivity contribution in [1.29, 1.82) is 0 Å². The van der Waals surface area contributed by atoms with Crippen LogP contribution in [0.1, 0.15) is 55.7 Å². The third-order valence-corrected chi connectivity index (χ3v) is 6.24. The van der Waals surface area contributed by atoms with Crippen molar-refractivity contribution in [2.24, 2.45) is 0 Å². The fourth-order valence-electron chi connectivity index (χ4n) is 4.01. The zero-order chi connectivity index (χ0) is 23.0. The van der Waals surface area contributed by atoms with E-state index in [1.807, 2.05) is 10.7 Å². The summed E-state index contributed by atoms with van der Waals surface area (Å²) in [6.07, 6.45) is 10.3. The Kier molecular flexibility index (Phi) is 8.34. The van der Waals surface area contributed by atoms with Crippen molar-refractivity contribution in [2.45, 2.75) is 58.0 Å². The Morgan fingerprint density at radius 2 is 2.00 bits per heavy atom. The first-order valence-electron chi connectivity index (χ1n) is 11.8. The number of anilines is 2. The van der Waals surface area contributed by atoms with Gasteiger partial charge in [-0.2, -0.15) is 19.6 Å². The van der Waals surface area contributed by atoms with E-state index in [0.29, 0.717) is 30.4 Å². The highest BCUT2D eigenvalue weighted by Crippen LogP contribution is 2.23. The molecule has 0 spiro atoms. The van der Waals surface area contributed by atoms with Gasteiger partial charge in [-0.15, -0.1) is 0 Å². The van der Waals surface area contributed by atoms with Gasteiger partial charge in [-0.05, 0) is 42.7 Å². The second-order valence-corrected chi connectivity index (χ2v) is 9.38. The van der Waals surface area contributed by atoms with Crippen LogP contribution < -0.4 is 10.6 Å². The van der Waals surface area contributed by atoms with E-state index in [-0.39, 0.29) is 0 Å². The van der Waals surface area contributed by atoms with E-state index in [0.717, 1.165) is 55.4 Å². The molecule has 3 heterocycles. The second-order valence-electron chi connectivity index (χ2n) is 8.73. The van der Waals surface area contributed by atoms with Crippen LogP contribution in [0.4, 0.5) is 11.9 Å². The summed E-state index contributed by atoms with van der Waals surface area (Å²) in [5.41, 5.74) is 4.53. The number of halogens is 1. The Morgan fingerprint density at radius 1 is 1.18 bits per heavy atom. The smallest absolute Gasteiger partial charge is 0.229 e. The molecule has 0 radical (unpaired) electrons. The predicted octanol–water partition coefficient (Wildman–Crippen LogP) is 5.33. The zero-order valence-corrected chi connectivity index (χ0v) is 21.0. The number of benzene rings is 1. The highest BCUT2D eigenvalue weighted by atomic mass is 79.9. The number of fused-ring (bicyclic) bond motifs is 1. The van der Waals surface area contributed by atoms with Crippen molar-refractivity contribution in [3.8, 4) is 0 Å². The van der Waals surface area contributed by atoms with E-state index in [9.17, 15) is 0 Å². The van der Waals surface area contributed by atoms with E-state index < -0.39 is 0 Å². The van der Waals surface area contributed by atoms with Crippen molar-refractivity contribution in [3.05, 3.63) is 59.3 Å². The van der Waals surface area contributed by atoms with E-state index in [2.05, 4.69) is 81.9 Å². The molecule has 1 aliphatic rings. The van der Waals surface area contributed by atoms with Crippen LogP contribution in [0.5, 0.6) is 0 Å². The molecular formula is C25H33BrN6O. The van der Waals surface area contributed by atoms with Crippen LogP contribution in [-0.2, 0) is 17.7 Å². The number of ether oxygens (including phenoxy) is 1. The van der Waals surface area contributed by atoms with Gasteiger partial charge in [0.2, 0.25) is 11.9 Å². The summed E-state index contributed by atoms with van der Waals surface area (Å²) in [5, 5.41) is 12.5. The van der Waals surface area contributed by atoms with Gasteiger partial charge < -0.3 is 15.4 Å². The third kappa shape index (κ3) is 6.32. The van der Waals surface area contributed by atoms with Crippen molar-refractivity contribution in [2.75, 3.05) is 29.2 Å². The minimum absolute atomic E-state index is 0.328. The molecular weight excluding hydrogens is 480 g/mol. The number of hydrogen-bond acceptors (Lipinski definition) is 6. The maximum atomic E-state index is 5.49. The Balaban J connectivity index is 1.53. The van der Waals surface area contributed by atoms with Gasteiger partial charge in [0.05, 0.1) is 6.20 Å². The number of aromatic nitrogens is 4. The molecule has 1 fully saturated rings. The van der Waals surface area contributed by atoms with E-state index in [1.165, 1.54) is 11.1 Å². The maximum absolute atomic E-state index is 5.49. The molecule has 1 saturated heterocycles. The largest absolute Gasteiger partial charge is 0.381 e. The van der Waals surface area contributed by atoms with Crippen molar-refractivity contribution < 1.29 is 4.74 Å². The molecule has 2 N–H and O–H groups in total. The Hall–Kier alpha value is -2.45. The molecule has 2 aromatic heterocycles. The Bertz CT molecular complexity index is 1070. The first-order chi connectivity index (χ1) is 16.1. The summed E-state index contributed by atoms with van der Waals surface area (Å²) in [6, 6.07) is 9.05. The van der Waals surface area contributed by atoms with Gasteiger partial charge in [0, 0.05) is 36.7 Å². The number of nitrogens with zero attached hydrogens (tertiary/aromatic N) is 4. The molecule has 1 aliphatic heterocycles. The fourth-order valence-corrected chi connectivity index (χ4v) is 4.28. The normalized spacial score (nSPS) is 15.0. The standard InChI is InChI=1S/C25H33BrN6O/c1-18(2)22-17-28-32-23(22)30-24(29-21-10-13-33-14-11-21)31-25(32)27-16-20-9-6-8-19(15-20)7-4-3-5-12-26/h3,5-6,8-9,15,17-18,21H,4,7,10-14,16H2,1-2H3,(H2,27,29,30,31)/b5-3+. The number of rotatable bonds is 10. The number of allylic oxidation sites excluding steroid dienone is 2. The molecule has 0 bridgehead atoms. The van der Waals surface area contributed by atoms with E-state index in [4.69, 9.17) is 14.7 Å². The van der Waals surface area contributed by atoms with Crippen LogP contribution in [0.3, 0.4) is 0 Å². The SMILES string of the molecule is CC(C)c1cnn2c(NCc3cccc(CC/C=C/CBr)c3)nc(NC3CCOCC3)nc12. The minimum atomic E-state index is 0.328. The first-order valence-corrected chi connectivity index (χ1v) is 12.9. The van der Waals surface area contributed by atoms with E-state index in [1.54, 1.807) is 0 Å². The summed E-state index contributed by atoms with van der Waals surface area (Å²) >= 11 is 3.43. The minimum Gasteiger partial charge on any atom is -0.381 e. The van der Waals surface area contributed by atoms with Crippen LogP contribution in [-0.4, -0.2) is 44.2 Å². The quantitative estimate of drug-likeness (QED) is 0.282. The summed E-state index contributed by atoms with van der Waals surface area (Å²) in [7, 11) is 0. The highest BCUT2D eigenvalue weighted by Gasteiger charge is 2.18. The summed E-state index contributed by atoms with van der Waals surface area (Å²) < 4.78 is 7.31. The number of aryl methyl sites for hydroxylation is 1. The lowest BCUT2D eigenvalue weighted by atomic mass is 10.1. The van der Waals surface area contributed by atoms with Crippen LogP contribution in [0.2, 0.25) is 0 Å². The summed E-state index contributed by atoms with van der Waals surface area (Å²) in [6.45, 7) is 6.55. The van der Waals surface area contributed by atoms with Gasteiger partial charge in [0.1, 0.15) is 0 Å². The molecule has 0 atom stereocenters. The molecule has 3 aromatic rings. The third-order valence-electron chi connectivity index (χ3n) is 5.87. The van der Waals surface area contributed by atoms with Gasteiger partial charge >= 0.3 is 0 Å². The number of alkyl halides is 1. The van der Waals surface area contributed by atoms with Crippen LogP contribution in [0.25, 0.3) is 5.65 Å². The lowest BCUT2D eigenvalue weighted by Crippen LogP contribution is -2.29. The topological polar surface area (TPSA) is 76.4 Å². The maximum Gasteiger partial charge on any atom is 0.229 e. The molecule has 0 saturated carbocycles. The molecule has 0 aliphatic carbocycles. The van der Waals surface area contributed by atoms with E-state index >= 15 is 0 Å². The zero-order valence-electron chi connectivity index (χ0n) is 19.4. The van der Waals surface area contributed by atoms with Gasteiger partial charge in [0.25, 0.3) is 0 Å². The highest BCUT2D eigenvalue weighted by molar-refractivity contribution is 9.09. The van der Waals surface area contributed by atoms with Gasteiger partial charge in [-0.25, -0.2) is 0 Å². The second kappa shape index (κ2) is 11.6. The molecule has 176 valence electrons. The predicted molar refractivity (Wildman–Crippen MR) is 137 cm³/mol. The van der Waals surface area contributed by atoms with Gasteiger partial charge in [-0.1, -0.05) is 66.2 Å². The monoisotopic (exact) mass is 512 g/mol. The molecule has 7 nitrogen and oxygen atoms in total. The Morgan fingerprint density at radius 3 is 2.79 bits per heavy atom. The molecule has 1 aromatic carbocycles. The number of nitrogens with one attached hydrogen (secondary N) is 2. The molecule has 0 unspecified atom stereocenters. The summed E-state index contributed by atoms with van der Waals surface area (Å²) in [5.74, 6) is 1.68. The molecule has 8 heteroatoms.